The first kappa shape index (κ1) is 18.9. The van der Waals surface area contributed by atoms with Crippen LogP contribution < -0.4 is 4.74 Å². The van der Waals surface area contributed by atoms with Crippen molar-refractivity contribution in [2.75, 3.05) is 14.1 Å². The first-order valence-corrected chi connectivity index (χ1v) is 9.86. The highest BCUT2D eigenvalue weighted by Gasteiger charge is 2.19. The van der Waals surface area contributed by atoms with Gasteiger partial charge in [-0.05, 0) is 37.3 Å². The van der Waals surface area contributed by atoms with Gasteiger partial charge in [0.1, 0.15) is 24.3 Å². The average Bonchev–Trinajstić information content (AvgIpc) is 3.02. The molecule has 2 aromatic carbocycles. The van der Waals surface area contributed by atoms with Crippen LogP contribution in [0.4, 0.5) is 0 Å². The van der Waals surface area contributed by atoms with Gasteiger partial charge in [-0.15, -0.1) is 0 Å². The highest BCUT2D eigenvalue weighted by atomic mass is 32.2. The van der Waals surface area contributed by atoms with E-state index in [0.29, 0.717) is 29.2 Å². The van der Waals surface area contributed by atoms with Gasteiger partial charge in [-0.25, -0.2) is 17.7 Å². The van der Waals surface area contributed by atoms with Crippen molar-refractivity contribution in [1.29, 1.82) is 5.26 Å². The van der Waals surface area contributed by atoms with Crippen LogP contribution in [-0.2, 0) is 23.2 Å². The molecule has 3 aromatic rings. The van der Waals surface area contributed by atoms with Gasteiger partial charge in [0.15, 0.2) is 0 Å². The lowest BCUT2D eigenvalue weighted by Crippen LogP contribution is -2.22. The van der Waals surface area contributed by atoms with Crippen LogP contribution in [0.5, 0.6) is 5.75 Å². The standard InChI is InChI=1S/C19H20N4O3S/c1-4-23-17-10-9-15(27(24,25)22(2)3)11-16(17)21-19(23)13-26-18-8-6-5-7-14(18)12-20/h5-11H,4,13H2,1-3H3. The summed E-state index contributed by atoms with van der Waals surface area (Å²) in [4.78, 5) is 4.76. The van der Waals surface area contributed by atoms with Crippen molar-refractivity contribution in [3.63, 3.8) is 0 Å². The smallest absolute Gasteiger partial charge is 0.242 e. The molecule has 7 nitrogen and oxygen atoms in total. The molecule has 0 amide bonds. The van der Waals surface area contributed by atoms with Crippen LogP contribution in [0.3, 0.4) is 0 Å². The predicted molar refractivity (Wildman–Crippen MR) is 102 cm³/mol. The van der Waals surface area contributed by atoms with E-state index in [2.05, 4.69) is 11.1 Å². The van der Waals surface area contributed by atoms with Crippen LogP contribution in [0.2, 0.25) is 0 Å². The zero-order valence-corrected chi connectivity index (χ0v) is 16.2. The van der Waals surface area contributed by atoms with E-state index in [1.165, 1.54) is 18.4 Å². The van der Waals surface area contributed by atoms with Crippen LogP contribution in [0.15, 0.2) is 47.4 Å². The van der Waals surface area contributed by atoms with Crippen molar-refractivity contribution in [3.8, 4) is 11.8 Å². The van der Waals surface area contributed by atoms with E-state index in [4.69, 9.17) is 4.74 Å². The summed E-state index contributed by atoms with van der Waals surface area (Å²) in [5, 5.41) is 9.17. The van der Waals surface area contributed by atoms with Gasteiger partial charge >= 0.3 is 0 Å². The van der Waals surface area contributed by atoms with E-state index < -0.39 is 10.0 Å². The van der Waals surface area contributed by atoms with Crippen LogP contribution in [0.1, 0.15) is 18.3 Å². The van der Waals surface area contributed by atoms with Crippen molar-refractivity contribution in [2.45, 2.75) is 25.0 Å². The molecule has 3 rings (SSSR count). The van der Waals surface area contributed by atoms with Gasteiger partial charge < -0.3 is 9.30 Å². The van der Waals surface area contributed by atoms with E-state index >= 15 is 0 Å². The van der Waals surface area contributed by atoms with Crippen molar-refractivity contribution in [2.24, 2.45) is 0 Å². The lowest BCUT2D eigenvalue weighted by molar-refractivity contribution is 0.290. The number of imidazole rings is 1. The maximum Gasteiger partial charge on any atom is 0.242 e. The van der Waals surface area contributed by atoms with Crippen molar-refractivity contribution in [3.05, 3.63) is 53.9 Å². The van der Waals surface area contributed by atoms with E-state index in [0.717, 1.165) is 5.52 Å². The van der Waals surface area contributed by atoms with Crippen LogP contribution in [0.25, 0.3) is 11.0 Å². The molecule has 0 fully saturated rings. The Morgan fingerprint density at radius 3 is 2.63 bits per heavy atom. The zero-order chi connectivity index (χ0) is 19.6. The summed E-state index contributed by atoms with van der Waals surface area (Å²) in [6.45, 7) is 2.82. The number of hydrogen-bond donors (Lipinski definition) is 0. The number of nitriles is 1. The quantitative estimate of drug-likeness (QED) is 0.652. The van der Waals surface area contributed by atoms with Gasteiger partial charge in [0, 0.05) is 20.6 Å². The summed E-state index contributed by atoms with van der Waals surface area (Å²) in [7, 11) is -0.534. The maximum atomic E-state index is 12.4. The van der Waals surface area contributed by atoms with Gasteiger partial charge in [-0.3, -0.25) is 0 Å². The molecule has 140 valence electrons. The molecule has 0 aliphatic rings. The number of aryl methyl sites for hydroxylation is 1. The minimum atomic E-state index is -3.53. The van der Waals surface area contributed by atoms with E-state index in [1.54, 1.807) is 42.5 Å². The molecule has 0 N–H and O–H groups in total. The molecule has 0 aliphatic carbocycles. The second kappa shape index (κ2) is 7.39. The van der Waals surface area contributed by atoms with Gasteiger partial charge in [0.05, 0.1) is 21.5 Å². The van der Waals surface area contributed by atoms with Gasteiger partial charge in [-0.2, -0.15) is 5.26 Å². The molecule has 0 radical (unpaired) electrons. The van der Waals surface area contributed by atoms with Crippen LogP contribution >= 0.6 is 0 Å². The number of hydrogen-bond acceptors (Lipinski definition) is 5. The highest BCUT2D eigenvalue weighted by molar-refractivity contribution is 7.89. The zero-order valence-electron chi connectivity index (χ0n) is 15.4. The maximum absolute atomic E-state index is 12.4. The number of para-hydroxylation sites is 1. The number of rotatable bonds is 6. The number of benzene rings is 2. The van der Waals surface area contributed by atoms with Crippen LogP contribution in [-0.4, -0.2) is 36.4 Å². The number of nitrogens with zero attached hydrogens (tertiary/aromatic N) is 4. The summed E-state index contributed by atoms with van der Waals surface area (Å²) in [6.07, 6.45) is 0. The molecule has 0 aliphatic heterocycles. The van der Waals surface area contributed by atoms with Gasteiger partial charge in [0.25, 0.3) is 0 Å². The first-order valence-electron chi connectivity index (χ1n) is 8.42. The third-order valence-corrected chi connectivity index (χ3v) is 6.07. The second-order valence-electron chi connectivity index (χ2n) is 6.11. The molecule has 8 heteroatoms. The lowest BCUT2D eigenvalue weighted by Gasteiger charge is -2.11. The van der Waals surface area contributed by atoms with E-state index in [-0.39, 0.29) is 11.5 Å². The summed E-state index contributed by atoms with van der Waals surface area (Å²) in [6, 6.07) is 14.0. The number of aromatic nitrogens is 2. The van der Waals surface area contributed by atoms with Gasteiger partial charge in [0.2, 0.25) is 10.0 Å². The SMILES string of the molecule is CCn1c(COc2ccccc2C#N)nc2cc(S(=O)(=O)N(C)C)ccc21. The third-order valence-electron chi connectivity index (χ3n) is 4.26. The lowest BCUT2D eigenvalue weighted by atomic mass is 10.2. The second-order valence-corrected chi connectivity index (χ2v) is 8.26. The Balaban J connectivity index is 1.98. The fraction of sp³-hybridized carbons (Fsp3) is 0.263. The Bertz CT molecular complexity index is 1130. The Labute approximate surface area is 158 Å². The minimum absolute atomic E-state index is 0.178. The molecule has 27 heavy (non-hydrogen) atoms. The topological polar surface area (TPSA) is 88.2 Å². The van der Waals surface area contributed by atoms with Gasteiger partial charge in [-0.1, -0.05) is 12.1 Å². The molecular weight excluding hydrogens is 364 g/mol. The molecule has 1 aromatic heterocycles. The fourth-order valence-corrected chi connectivity index (χ4v) is 3.74. The minimum Gasteiger partial charge on any atom is -0.484 e. The highest BCUT2D eigenvalue weighted by Crippen LogP contribution is 2.24. The average molecular weight is 384 g/mol. The van der Waals surface area contributed by atoms with Crippen molar-refractivity contribution < 1.29 is 13.2 Å². The monoisotopic (exact) mass is 384 g/mol. The van der Waals surface area contributed by atoms with Crippen molar-refractivity contribution in [1.82, 2.24) is 13.9 Å². The summed E-state index contributed by atoms with van der Waals surface area (Å²) >= 11 is 0. The largest absolute Gasteiger partial charge is 0.484 e. The Hall–Kier alpha value is -2.89. The Kier molecular flexibility index (Phi) is 5.17. The third kappa shape index (κ3) is 3.52. The van der Waals surface area contributed by atoms with Crippen LogP contribution in [0, 0.1) is 11.3 Å². The molecular formula is C19H20N4O3S. The predicted octanol–water partition coefficient (Wildman–Crippen LogP) is 2.76. The molecule has 0 spiro atoms. The first-order chi connectivity index (χ1) is 12.9. The van der Waals surface area contributed by atoms with E-state index in [9.17, 15) is 13.7 Å². The number of sulfonamides is 1. The Morgan fingerprint density at radius 2 is 1.96 bits per heavy atom. The Morgan fingerprint density at radius 1 is 1.22 bits per heavy atom. The molecule has 0 bridgehead atoms. The summed E-state index contributed by atoms with van der Waals surface area (Å²) < 4.78 is 33.6. The number of fused-ring (bicyclic) bond motifs is 1. The van der Waals surface area contributed by atoms with E-state index in [1.807, 2.05) is 11.5 Å². The molecule has 0 atom stereocenters. The summed E-state index contributed by atoms with van der Waals surface area (Å²) in [5.74, 6) is 1.16. The summed E-state index contributed by atoms with van der Waals surface area (Å²) in [5.41, 5.74) is 1.88. The molecule has 0 saturated heterocycles. The molecule has 1 heterocycles. The van der Waals surface area contributed by atoms with Crippen molar-refractivity contribution >= 4 is 21.1 Å². The fourth-order valence-electron chi connectivity index (χ4n) is 2.82. The molecule has 0 saturated carbocycles. The number of ether oxygens (including phenoxy) is 1. The normalized spacial score (nSPS) is 11.7. The molecule has 0 unspecified atom stereocenters.